The largest absolute Gasteiger partial charge is 0.466 e. The van der Waals surface area contributed by atoms with Crippen molar-refractivity contribution in [3.8, 4) is 0 Å². The van der Waals surface area contributed by atoms with E-state index in [9.17, 15) is 19.8 Å². The van der Waals surface area contributed by atoms with Crippen molar-refractivity contribution in [2.24, 2.45) is 0 Å². The highest BCUT2D eigenvalue weighted by Gasteiger charge is 2.18. The average molecular weight is 925 g/mol. The van der Waals surface area contributed by atoms with Gasteiger partial charge in [0.25, 0.3) is 0 Å². The second kappa shape index (κ2) is 55.2. The summed E-state index contributed by atoms with van der Waals surface area (Å²) in [4.78, 5) is 24.5. The van der Waals surface area contributed by atoms with E-state index in [4.69, 9.17) is 4.74 Å². The maximum absolute atomic E-state index is 12.4. The van der Waals surface area contributed by atoms with Crippen LogP contribution in [0.3, 0.4) is 0 Å². The molecule has 0 bridgehead atoms. The molecular formula is C60H109NO5. The van der Waals surface area contributed by atoms with E-state index in [2.05, 4.69) is 67.8 Å². The number of amides is 1. The van der Waals surface area contributed by atoms with Crippen molar-refractivity contribution in [2.75, 3.05) is 13.2 Å². The molecule has 0 radical (unpaired) electrons. The molecule has 384 valence electrons. The third-order valence-electron chi connectivity index (χ3n) is 12.8. The lowest BCUT2D eigenvalue weighted by molar-refractivity contribution is -0.143. The maximum atomic E-state index is 12.4. The van der Waals surface area contributed by atoms with Gasteiger partial charge in [-0.3, -0.25) is 9.59 Å². The molecule has 2 atom stereocenters. The summed E-state index contributed by atoms with van der Waals surface area (Å²) in [5, 5.41) is 23.1. The van der Waals surface area contributed by atoms with E-state index in [0.717, 1.165) is 89.9 Å². The molecule has 1 amide bonds. The first-order chi connectivity index (χ1) is 32.5. The fraction of sp³-hybridized carbons (Fsp3) is 0.800. The summed E-state index contributed by atoms with van der Waals surface area (Å²) < 4.78 is 5.45. The molecule has 2 unspecified atom stereocenters. The number of allylic oxidation sites excluding steroid dienone is 9. The van der Waals surface area contributed by atoms with E-state index in [0.29, 0.717) is 19.4 Å². The van der Waals surface area contributed by atoms with E-state index < -0.39 is 12.1 Å². The molecular weight excluding hydrogens is 815 g/mol. The zero-order valence-corrected chi connectivity index (χ0v) is 43.7. The normalized spacial score (nSPS) is 13.1. The van der Waals surface area contributed by atoms with Gasteiger partial charge in [-0.15, -0.1) is 0 Å². The Hall–Kier alpha value is -2.44. The number of esters is 1. The predicted molar refractivity (Wildman–Crippen MR) is 287 cm³/mol. The van der Waals surface area contributed by atoms with Crippen molar-refractivity contribution >= 4 is 11.9 Å². The van der Waals surface area contributed by atoms with Gasteiger partial charge in [0, 0.05) is 12.8 Å². The number of hydrogen-bond donors (Lipinski definition) is 3. The van der Waals surface area contributed by atoms with Crippen LogP contribution in [0, 0.1) is 0 Å². The number of carbonyl (C=O) groups excluding carboxylic acids is 2. The molecule has 0 saturated heterocycles. The smallest absolute Gasteiger partial charge is 0.305 e. The number of rotatable bonds is 52. The summed E-state index contributed by atoms with van der Waals surface area (Å²) in [6.45, 7) is 4.83. The predicted octanol–water partition coefficient (Wildman–Crippen LogP) is 17.6. The van der Waals surface area contributed by atoms with Crippen molar-refractivity contribution in [3.63, 3.8) is 0 Å². The van der Waals surface area contributed by atoms with Crippen LogP contribution < -0.4 is 5.32 Å². The summed E-state index contributed by atoms with van der Waals surface area (Å²) in [6, 6.07) is -0.637. The first-order valence-electron chi connectivity index (χ1n) is 28.6. The Morgan fingerprint density at radius 2 is 0.803 bits per heavy atom. The summed E-state index contributed by atoms with van der Waals surface area (Å²) >= 11 is 0. The number of aliphatic hydroxyl groups excluding tert-OH is 2. The van der Waals surface area contributed by atoms with Gasteiger partial charge in [-0.1, -0.05) is 235 Å². The van der Waals surface area contributed by atoms with E-state index in [1.165, 1.54) is 167 Å². The minimum absolute atomic E-state index is 0.0284. The molecule has 0 heterocycles. The summed E-state index contributed by atoms with van der Waals surface area (Å²) in [5.41, 5.74) is 0. The van der Waals surface area contributed by atoms with Crippen LogP contribution in [-0.4, -0.2) is 47.4 Å². The van der Waals surface area contributed by atoms with Gasteiger partial charge in [0.15, 0.2) is 0 Å². The monoisotopic (exact) mass is 924 g/mol. The fourth-order valence-corrected chi connectivity index (χ4v) is 8.36. The molecule has 0 aromatic rings. The first-order valence-corrected chi connectivity index (χ1v) is 28.6. The third-order valence-corrected chi connectivity index (χ3v) is 12.8. The van der Waals surface area contributed by atoms with Gasteiger partial charge in [0.2, 0.25) is 5.91 Å². The van der Waals surface area contributed by atoms with Crippen molar-refractivity contribution in [3.05, 3.63) is 60.8 Å². The number of hydrogen-bond acceptors (Lipinski definition) is 5. The van der Waals surface area contributed by atoms with Gasteiger partial charge in [0.1, 0.15) is 0 Å². The van der Waals surface area contributed by atoms with E-state index >= 15 is 0 Å². The SMILES string of the molecule is CCCCCC/C=C\C/C=C\CCCCCCCC(=O)OCCCCC/C=C\C=C/CCCCCCCCCCCCC(=O)NC(CO)C(O)/C=C/CCCCCCCCCCCCCC. The zero-order chi connectivity index (χ0) is 47.9. The third kappa shape index (κ3) is 51.0. The molecule has 6 nitrogen and oxygen atoms in total. The van der Waals surface area contributed by atoms with Crippen molar-refractivity contribution in [2.45, 2.75) is 296 Å². The van der Waals surface area contributed by atoms with Gasteiger partial charge in [-0.2, -0.15) is 0 Å². The quantitative estimate of drug-likeness (QED) is 0.0244. The van der Waals surface area contributed by atoms with Crippen LogP contribution in [0.1, 0.15) is 284 Å². The van der Waals surface area contributed by atoms with Gasteiger partial charge < -0.3 is 20.3 Å². The Morgan fingerprint density at radius 1 is 0.439 bits per heavy atom. The van der Waals surface area contributed by atoms with Crippen molar-refractivity contribution < 1.29 is 24.5 Å². The lowest BCUT2D eigenvalue weighted by atomic mass is 10.0. The Kier molecular flexibility index (Phi) is 53.1. The number of aliphatic hydroxyl groups is 2. The molecule has 6 heteroatoms. The van der Waals surface area contributed by atoms with Crippen molar-refractivity contribution in [1.82, 2.24) is 5.32 Å². The molecule has 0 saturated carbocycles. The maximum Gasteiger partial charge on any atom is 0.305 e. The number of nitrogens with one attached hydrogen (secondary N) is 1. The number of unbranched alkanes of at least 4 members (excludes halogenated alkanes) is 34. The minimum atomic E-state index is -0.852. The molecule has 0 aliphatic carbocycles. The highest BCUT2D eigenvalue weighted by molar-refractivity contribution is 5.76. The number of ether oxygens (including phenoxy) is 1. The molecule has 0 aliphatic rings. The van der Waals surface area contributed by atoms with Crippen LogP contribution in [0.25, 0.3) is 0 Å². The Balaban J connectivity index is 3.52. The second-order valence-corrected chi connectivity index (χ2v) is 19.3. The molecule has 0 aliphatic heterocycles. The van der Waals surface area contributed by atoms with Crippen LogP contribution in [0.5, 0.6) is 0 Å². The molecule has 3 N–H and O–H groups in total. The van der Waals surface area contributed by atoms with E-state index in [-0.39, 0.29) is 18.5 Å². The second-order valence-electron chi connectivity index (χ2n) is 19.3. The highest BCUT2D eigenvalue weighted by Crippen LogP contribution is 2.15. The van der Waals surface area contributed by atoms with E-state index in [1.807, 2.05) is 6.08 Å². The Bertz CT molecular complexity index is 1160. The average Bonchev–Trinajstić information content (AvgIpc) is 3.32. The van der Waals surface area contributed by atoms with Crippen LogP contribution in [0.4, 0.5) is 0 Å². The fourth-order valence-electron chi connectivity index (χ4n) is 8.36. The molecule has 66 heavy (non-hydrogen) atoms. The molecule has 0 aromatic heterocycles. The van der Waals surface area contributed by atoms with Crippen LogP contribution >= 0.6 is 0 Å². The number of carbonyl (C=O) groups is 2. The zero-order valence-electron chi connectivity index (χ0n) is 43.7. The Labute approximate surface area is 409 Å². The molecule has 0 fully saturated rings. The molecule has 0 rings (SSSR count). The molecule has 0 aromatic carbocycles. The van der Waals surface area contributed by atoms with Crippen LogP contribution in [0.2, 0.25) is 0 Å². The van der Waals surface area contributed by atoms with Crippen molar-refractivity contribution in [1.29, 1.82) is 0 Å². The summed E-state index contributed by atoms with van der Waals surface area (Å²) in [7, 11) is 0. The first kappa shape index (κ1) is 63.6. The molecule has 0 spiro atoms. The topological polar surface area (TPSA) is 95.9 Å². The van der Waals surface area contributed by atoms with Gasteiger partial charge in [0.05, 0.1) is 25.4 Å². The summed E-state index contributed by atoms with van der Waals surface area (Å²) in [5.74, 6) is -0.108. The summed E-state index contributed by atoms with van der Waals surface area (Å²) in [6.07, 6.45) is 70.9. The van der Waals surface area contributed by atoms with Gasteiger partial charge >= 0.3 is 5.97 Å². The standard InChI is InChI=1S/C60H109NO5/c1-3-5-7-9-11-13-15-17-19-26-30-34-38-42-46-50-54-60(65)66-55-51-47-43-39-35-31-27-24-22-20-21-23-25-29-33-37-41-45-49-53-59(64)61-57(56-62)58(63)52-48-44-40-36-32-28-18-16-14-12-10-8-6-4-2/h13,15,19,24,26-27,31,35,48,52,57-58,62-63H,3-12,14,16-18,20-23,25,28-30,32-34,36-47,49-51,53-56H2,1-2H3,(H,61,64)/b15-13-,26-19-,27-24-,35-31-,52-48+. The highest BCUT2D eigenvalue weighted by atomic mass is 16.5. The van der Waals surface area contributed by atoms with Crippen LogP contribution in [0.15, 0.2) is 60.8 Å². The van der Waals surface area contributed by atoms with Gasteiger partial charge in [-0.25, -0.2) is 0 Å². The minimum Gasteiger partial charge on any atom is -0.466 e. The Morgan fingerprint density at radius 3 is 1.26 bits per heavy atom. The lowest BCUT2D eigenvalue weighted by Crippen LogP contribution is -2.45. The van der Waals surface area contributed by atoms with Gasteiger partial charge in [-0.05, 0) is 96.3 Å². The van der Waals surface area contributed by atoms with E-state index in [1.54, 1.807) is 6.08 Å². The van der Waals surface area contributed by atoms with Crippen LogP contribution in [-0.2, 0) is 14.3 Å². The lowest BCUT2D eigenvalue weighted by Gasteiger charge is -2.20.